The third-order valence-electron chi connectivity index (χ3n) is 10.1. The van der Waals surface area contributed by atoms with Gasteiger partial charge in [-0.3, -0.25) is 19.3 Å². The van der Waals surface area contributed by atoms with Crippen molar-refractivity contribution in [2.75, 3.05) is 30.8 Å². The van der Waals surface area contributed by atoms with E-state index < -0.39 is 18.3 Å². The van der Waals surface area contributed by atoms with Crippen molar-refractivity contribution in [2.24, 2.45) is 5.92 Å². The highest BCUT2D eigenvalue weighted by atomic mass is 16.3. The number of anilines is 2. The van der Waals surface area contributed by atoms with Crippen LogP contribution in [-0.4, -0.2) is 76.1 Å². The van der Waals surface area contributed by atoms with Gasteiger partial charge in [0.25, 0.3) is 0 Å². The summed E-state index contributed by atoms with van der Waals surface area (Å²) in [7, 11) is 1.76. The van der Waals surface area contributed by atoms with Crippen LogP contribution >= 0.6 is 0 Å². The molecule has 0 radical (unpaired) electrons. The van der Waals surface area contributed by atoms with Gasteiger partial charge >= 0.3 is 0 Å². The summed E-state index contributed by atoms with van der Waals surface area (Å²) in [4.78, 5) is 47.2. The van der Waals surface area contributed by atoms with E-state index in [0.29, 0.717) is 24.6 Å². The lowest BCUT2D eigenvalue weighted by Gasteiger charge is -2.28. The van der Waals surface area contributed by atoms with Crippen LogP contribution in [-0.2, 0) is 14.4 Å². The number of rotatable bonds is 11. The van der Waals surface area contributed by atoms with Crippen molar-refractivity contribution in [1.82, 2.24) is 20.1 Å². The number of carbonyl (C=O) groups is 3. The van der Waals surface area contributed by atoms with E-state index in [2.05, 4.69) is 20.9 Å². The second-order valence-corrected chi connectivity index (χ2v) is 13.4. The zero-order valence-electron chi connectivity index (χ0n) is 27.3. The molecule has 1 saturated carbocycles. The average molecular weight is 649 g/mol. The van der Waals surface area contributed by atoms with Gasteiger partial charge in [-0.1, -0.05) is 55.3 Å². The van der Waals surface area contributed by atoms with Gasteiger partial charge in [0.2, 0.25) is 17.7 Å². The lowest BCUT2D eigenvalue weighted by molar-refractivity contribution is -0.138. The van der Waals surface area contributed by atoms with E-state index in [4.69, 9.17) is 0 Å². The van der Waals surface area contributed by atoms with E-state index in [1.165, 1.54) is 12.8 Å². The average Bonchev–Trinajstić information content (AvgIpc) is 3.48. The van der Waals surface area contributed by atoms with E-state index in [-0.39, 0.29) is 23.8 Å². The maximum atomic E-state index is 13.5. The zero-order valence-corrected chi connectivity index (χ0v) is 27.3. The molecule has 48 heavy (non-hydrogen) atoms. The molecule has 7 rings (SSSR count). The summed E-state index contributed by atoms with van der Waals surface area (Å²) < 4.78 is 0. The number of amides is 3. The van der Waals surface area contributed by atoms with Crippen LogP contribution in [0.25, 0.3) is 22.2 Å². The Hall–Kier alpha value is -4.51. The number of likely N-dealkylation sites (N-methyl/N-ethyl adjacent to an activating group) is 1. The molecule has 2 saturated heterocycles. The summed E-state index contributed by atoms with van der Waals surface area (Å²) >= 11 is 0. The van der Waals surface area contributed by atoms with Crippen LogP contribution in [0.2, 0.25) is 0 Å². The van der Waals surface area contributed by atoms with E-state index >= 15 is 0 Å². The fourth-order valence-corrected chi connectivity index (χ4v) is 7.31. The molecule has 1 unspecified atom stereocenters. The fraction of sp³-hybridized carbons (Fsp3) is 0.395. The van der Waals surface area contributed by atoms with Crippen molar-refractivity contribution >= 4 is 40.0 Å². The Morgan fingerprint density at radius 2 is 1.52 bits per heavy atom. The first-order chi connectivity index (χ1) is 23.4. The molecule has 3 fully saturated rings. The molecular formula is C38H44N6O4. The van der Waals surface area contributed by atoms with E-state index in [9.17, 15) is 19.5 Å². The third-order valence-corrected chi connectivity index (χ3v) is 10.1. The van der Waals surface area contributed by atoms with Crippen LogP contribution in [0.3, 0.4) is 0 Å². The number of aliphatic hydroxyl groups is 1. The summed E-state index contributed by atoms with van der Waals surface area (Å²) in [5.41, 5.74) is 5.09. The Bertz CT molecular complexity index is 1770. The Labute approximate surface area is 280 Å². The molecule has 4 atom stereocenters. The quantitative estimate of drug-likeness (QED) is 0.151. The lowest BCUT2D eigenvalue weighted by atomic mass is 10.1. The smallest absolute Gasteiger partial charge is 0.247 e. The molecule has 3 amide bonds. The van der Waals surface area contributed by atoms with Crippen LogP contribution in [0.5, 0.6) is 0 Å². The van der Waals surface area contributed by atoms with E-state index in [0.717, 1.165) is 65.6 Å². The Balaban J connectivity index is 0.983. The molecule has 3 aliphatic rings. The maximum Gasteiger partial charge on any atom is 0.247 e. The number of nitrogens with zero attached hydrogens (tertiary/aromatic N) is 2. The Kier molecular flexibility index (Phi) is 9.30. The topological polar surface area (TPSA) is 130 Å². The highest BCUT2D eigenvalue weighted by Crippen LogP contribution is 2.36. The molecule has 1 aromatic heterocycles. The van der Waals surface area contributed by atoms with Crippen LogP contribution in [0.1, 0.15) is 56.6 Å². The first-order valence-corrected chi connectivity index (χ1v) is 17.2. The second-order valence-electron chi connectivity index (χ2n) is 13.4. The van der Waals surface area contributed by atoms with Crippen molar-refractivity contribution in [3.63, 3.8) is 0 Å². The molecule has 250 valence electrons. The highest BCUT2D eigenvalue weighted by Gasteiger charge is 2.38. The summed E-state index contributed by atoms with van der Waals surface area (Å²) in [6, 6.07) is 23.8. The van der Waals surface area contributed by atoms with Crippen LogP contribution < -0.4 is 16.0 Å². The molecule has 0 bridgehead atoms. The number of aromatic nitrogens is 1. The number of fused-ring (bicyclic) bond motifs is 1. The molecule has 10 nitrogen and oxygen atoms in total. The first-order valence-electron chi connectivity index (χ1n) is 17.2. The molecule has 10 heteroatoms. The number of hydrogen-bond acceptors (Lipinski definition) is 6. The van der Waals surface area contributed by atoms with Crippen molar-refractivity contribution in [3.8, 4) is 11.3 Å². The first kappa shape index (κ1) is 32.1. The summed E-state index contributed by atoms with van der Waals surface area (Å²) in [5, 5.41) is 20.8. The van der Waals surface area contributed by atoms with Crippen molar-refractivity contribution < 1.29 is 19.5 Å². The molecular weight excluding hydrogens is 604 g/mol. The number of carbonyl (C=O) groups excluding carboxylic acids is 3. The zero-order chi connectivity index (χ0) is 33.2. The van der Waals surface area contributed by atoms with Crippen LogP contribution in [0.15, 0.2) is 78.9 Å². The van der Waals surface area contributed by atoms with Gasteiger partial charge in [0.05, 0.1) is 6.04 Å². The minimum atomic E-state index is -0.549. The molecule has 5 N–H and O–H groups in total. The van der Waals surface area contributed by atoms with Crippen molar-refractivity contribution in [1.29, 1.82) is 0 Å². The van der Waals surface area contributed by atoms with Gasteiger partial charge in [-0.25, -0.2) is 0 Å². The molecule has 3 aromatic carbocycles. The molecule has 3 heterocycles. The highest BCUT2D eigenvalue weighted by molar-refractivity contribution is 6.00. The Morgan fingerprint density at radius 1 is 0.833 bits per heavy atom. The predicted molar refractivity (Wildman–Crippen MR) is 187 cm³/mol. The number of aromatic amines is 1. The number of H-pyrrole nitrogens is 1. The normalized spacial score (nSPS) is 20.9. The number of aliphatic hydroxyl groups excluding tert-OH is 1. The minimum Gasteiger partial charge on any atom is -0.378 e. The molecule has 2 aliphatic heterocycles. The van der Waals surface area contributed by atoms with Gasteiger partial charge in [0, 0.05) is 41.1 Å². The number of benzene rings is 3. The summed E-state index contributed by atoms with van der Waals surface area (Å²) in [6.45, 7) is 1.30. The molecule has 1 aliphatic carbocycles. The molecule has 0 spiro atoms. The summed E-state index contributed by atoms with van der Waals surface area (Å²) in [5.74, 6) is 0.248. The monoisotopic (exact) mass is 648 g/mol. The number of nitrogens with one attached hydrogen (secondary N) is 4. The maximum absolute atomic E-state index is 13.5. The number of hydrogen-bond donors (Lipinski definition) is 5. The van der Waals surface area contributed by atoms with Gasteiger partial charge in [0.1, 0.15) is 18.3 Å². The van der Waals surface area contributed by atoms with Gasteiger partial charge < -0.3 is 30.9 Å². The van der Waals surface area contributed by atoms with Crippen LogP contribution in [0, 0.1) is 5.92 Å². The predicted octanol–water partition coefficient (Wildman–Crippen LogP) is 5.25. The Morgan fingerprint density at radius 3 is 2.27 bits per heavy atom. The van der Waals surface area contributed by atoms with Crippen LogP contribution in [0.4, 0.5) is 11.4 Å². The van der Waals surface area contributed by atoms with E-state index in [1.807, 2.05) is 83.8 Å². The van der Waals surface area contributed by atoms with Crippen molar-refractivity contribution in [2.45, 2.75) is 69.3 Å². The summed E-state index contributed by atoms with van der Waals surface area (Å²) in [6.07, 6.45) is 5.63. The lowest BCUT2D eigenvalue weighted by Crippen LogP contribution is -2.47. The standard InChI is InChI=1S/C38H44N6O4/c1-39-35(26-7-3-2-4-8-26)38(48)44-20-6-10-33(44)37(47)41-29-17-18-30-27(22-29)23-31(42-30)25-13-15-28(16-14-25)40-36(46)32-9-5-19-43(32)34(45)21-24-11-12-24/h2-4,7-8,13-18,22-24,32-35,39,42,45H,5-6,9-12,19-21H2,1H3,(H,40,46)(H,41,47)/t32-,33-,34?,35+/m0/s1. The van der Waals surface area contributed by atoms with Gasteiger partial charge in [0.15, 0.2) is 0 Å². The number of likely N-dealkylation sites (tertiary alicyclic amines) is 2. The largest absolute Gasteiger partial charge is 0.378 e. The molecule has 4 aromatic rings. The van der Waals surface area contributed by atoms with Gasteiger partial charge in [-0.05, 0) is 92.6 Å². The third kappa shape index (κ3) is 6.87. The second kappa shape index (κ2) is 13.9. The minimum absolute atomic E-state index is 0.0709. The van der Waals surface area contributed by atoms with E-state index in [1.54, 1.807) is 11.9 Å². The fourth-order valence-electron chi connectivity index (χ4n) is 7.31. The van der Waals surface area contributed by atoms with Crippen molar-refractivity contribution in [3.05, 3.63) is 84.4 Å². The SMILES string of the molecule is CN[C@@H](C(=O)N1CCC[C@H]1C(=O)Nc1ccc2[nH]c(-c3ccc(NC(=O)[C@@H]4CCCN4C(O)CC4CC4)cc3)cc2c1)c1ccccc1. The van der Waals surface area contributed by atoms with Gasteiger partial charge in [-0.2, -0.15) is 0 Å². The van der Waals surface area contributed by atoms with Gasteiger partial charge in [-0.15, -0.1) is 0 Å².